The fraction of sp³-hybridized carbons (Fsp3) is 0.643. The summed E-state index contributed by atoms with van der Waals surface area (Å²) >= 11 is 1.54. The van der Waals surface area contributed by atoms with E-state index in [1.807, 2.05) is 0 Å². The molecule has 0 aromatic carbocycles. The Balaban J connectivity index is 1.89. The molecule has 0 bridgehead atoms. The molecule has 0 spiro atoms. The summed E-state index contributed by atoms with van der Waals surface area (Å²) in [7, 11) is 0. The van der Waals surface area contributed by atoms with Gasteiger partial charge in [0.05, 0.1) is 25.3 Å². The normalized spacial score (nSPS) is 16.4. The van der Waals surface area contributed by atoms with Gasteiger partial charge in [-0.05, 0) is 26.7 Å². The third-order valence-corrected chi connectivity index (χ3v) is 4.29. The third-order valence-electron chi connectivity index (χ3n) is 3.20. The van der Waals surface area contributed by atoms with Gasteiger partial charge in [0.2, 0.25) is 0 Å². The van der Waals surface area contributed by atoms with E-state index in [0.29, 0.717) is 26.2 Å². The third kappa shape index (κ3) is 3.93. The lowest BCUT2D eigenvalue weighted by Gasteiger charge is -2.08. The number of ether oxygens (including phenoxy) is 2. The van der Waals surface area contributed by atoms with E-state index in [9.17, 15) is 9.59 Å². The zero-order valence-electron chi connectivity index (χ0n) is 12.3. The number of nitrogens with zero attached hydrogens (tertiary/aromatic N) is 1. The smallest absolute Gasteiger partial charge is 0.315 e. The van der Waals surface area contributed by atoms with Crippen molar-refractivity contribution in [2.24, 2.45) is 0 Å². The number of aryl methyl sites for hydroxylation is 1. The Bertz CT molecular complexity index is 515. The summed E-state index contributed by atoms with van der Waals surface area (Å²) in [6.07, 6.45) is 1.94. The molecule has 1 unspecified atom stereocenters. The fourth-order valence-corrected chi connectivity index (χ4v) is 3.34. The zero-order chi connectivity index (χ0) is 15.2. The molecule has 1 heterocycles. The molecular weight excluding hydrogens is 292 g/mol. The van der Waals surface area contributed by atoms with Crippen LogP contribution in [0.4, 0.5) is 5.13 Å². The monoisotopic (exact) mass is 312 g/mol. The van der Waals surface area contributed by atoms with Crippen molar-refractivity contribution in [1.29, 1.82) is 0 Å². The molecule has 0 saturated carbocycles. The highest BCUT2D eigenvalue weighted by atomic mass is 32.1. The standard InChI is InChI=1S/C14H20N2O4S/c1-3-19-11(17)7-8-15-14-16-12-9(13(18)20-4-2)5-6-10(12)21-14/h9H,3-8H2,1-2H3,(H,15,16). The van der Waals surface area contributed by atoms with E-state index in [1.165, 1.54) is 0 Å². The van der Waals surface area contributed by atoms with Crippen molar-refractivity contribution in [3.05, 3.63) is 10.6 Å². The van der Waals surface area contributed by atoms with Gasteiger partial charge in [-0.2, -0.15) is 0 Å². The van der Waals surface area contributed by atoms with Crippen LogP contribution in [0.25, 0.3) is 0 Å². The molecule has 0 radical (unpaired) electrons. The fourth-order valence-electron chi connectivity index (χ4n) is 2.28. The molecule has 1 N–H and O–H groups in total. The van der Waals surface area contributed by atoms with Crippen LogP contribution in [-0.4, -0.2) is 36.7 Å². The minimum absolute atomic E-state index is 0.195. The Labute approximate surface area is 127 Å². The molecule has 116 valence electrons. The van der Waals surface area contributed by atoms with E-state index >= 15 is 0 Å². The SMILES string of the molecule is CCOC(=O)CCNc1nc2c(s1)CCC2C(=O)OCC. The lowest BCUT2D eigenvalue weighted by atomic mass is 10.1. The maximum Gasteiger partial charge on any atom is 0.315 e. The van der Waals surface area contributed by atoms with Gasteiger partial charge in [0, 0.05) is 11.4 Å². The van der Waals surface area contributed by atoms with Crippen LogP contribution in [0.1, 0.15) is 43.2 Å². The van der Waals surface area contributed by atoms with Gasteiger partial charge in [0.25, 0.3) is 0 Å². The van der Waals surface area contributed by atoms with Crippen LogP contribution in [0, 0.1) is 0 Å². The van der Waals surface area contributed by atoms with Crippen molar-refractivity contribution in [3.63, 3.8) is 0 Å². The van der Waals surface area contributed by atoms with Gasteiger partial charge in [-0.1, -0.05) is 0 Å². The van der Waals surface area contributed by atoms with Crippen LogP contribution >= 0.6 is 11.3 Å². The highest BCUT2D eigenvalue weighted by Crippen LogP contribution is 2.38. The quantitative estimate of drug-likeness (QED) is 0.777. The van der Waals surface area contributed by atoms with Gasteiger partial charge in [-0.25, -0.2) is 4.98 Å². The number of carbonyl (C=O) groups excluding carboxylic acids is 2. The van der Waals surface area contributed by atoms with Gasteiger partial charge in [0.15, 0.2) is 5.13 Å². The number of esters is 2. The molecule has 2 rings (SSSR count). The number of anilines is 1. The van der Waals surface area contributed by atoms with E-state index in [4.69, 9.17) is 9.47 Å². The summed E-state index contributed by atoms with van der Waals surface area (Å²) in [6.45, 7) is 4.85. The van der Waals surface area contributed by atoms with Gasteiger partial charge in [-0.15, -0.1) is 11.3 Å². The Morgan fingerprint density at radius 3 is 2.81 bits per heavy atom. The summed E-state index contributed by atoms with van der Waals surface area (Å²) in [6, 6.07) is 0. The highest BCUT2D eigenvalue weighted by Gasteiger charge is 2.33. The Morgan fingerprint density at radius 1 is 1.33 bits per heavy atom. The lowest BCUT2D eigenvalue weighted by molar-refractivity contribution is -0.145. The number of hydrogen-bond acceptors (Lipinski definition) is 7. The first-order valence-corrected chi connectivity index (χ1v) is 8.03. The first kappa shape index (κ1) is 15.8. The number of fused-ring (bicyclic) bond motifs is 1. The van der Waals surface area contributed by atoms with Gasteiger partial charge in [-0.3, -0.25) is 9.59 Å². The maximum atomic E-state index is 11.9. The molecule has 1 aromatic rings. The number of aromatic nitrogens is 1. The average molecular weight is 312 g/mol. The van der Waals surface area contributed by atoms with Crippen molar-refractivity contribution < 1.29 is 19.1 Å². The zero-order valence-corrected chi connectivity index (χ0v) is 13.1. The molecule has 21 heavy (non-hydrogen) atoms. The molecule has 1 atom stereocenters. The molecule has 0 fully saturated rings. The summed E-state index contributed by atoms with van der Waals surface area (Å²) in [5.41, 5.74) is 0.831. The lowest BCUT2D eigenvalue weighted by Crippen LogP contribution is -2.14. The van der Waals surface area contributed by atoms with E-state index in [-0.39, 0.29) is 17.9 Å². The molecular formula is C14H20N2O4S. The molecule has 1 aliphatic rings. The van der Waals surface area contributed by atoms with Crippen molar-refractivity contribution in [3.8, 4) is 0 Å². The molecule has 1 aliphatic carbocycles. The van der Waals surface area contributed by atoms with E-state index in [1.54, 1.807) is 25.2 Å². The minimum Gasteiger partial charge on any atom is -0.466 e. The van der Waals surface area contributed by atoms with E-state index < -0.39 is 0 Å². The predicted molar refractivity (Wildman–Crippen MR) is 79.5 cm³/mol. The second-order valence-corrected chi connectivity index (χ2v) is 5.74. The van der Waals surface area contributed by atoms with Crippen LogP contribution in [0.3, 0.4) is 0 Å². The average Bonchev–Trinajstić information content (AvgIpc) is 2.98. The van der Waals surface area contributed by atoms with Crippen molar-refractivity contribution >= 4 is 28.4 Å². The molecule has 7 heteroatoms. The molecule has 0 saturated heterocycles. The van der Waals surface area contributed by atoms with E-state index in [0.717, 1.165) is 28.5 Å². The summed E-state index contributed by atoms with van der Waals surface area (Å²) in [5, 5.41) is 3.86. The highest BCUT2D eigenvalue weighted by molar-refractivity contribution is 7.15. The molecule has 1 aromatic heterocycles. The summed E-state index contributed by atoms with van der Waals surface area (Å²) in [5.74, 6) is -0.657. The second-order valence-electron chi connectivity index (χ2n) is 4.65. The largest absolute Gasteiger partial charge is 0.466 e. The first-order valence-electron chi connectivity index (χ1n) is 7.21. The predicted octanol–water partition coefficient (Wildman–Crippen LogP) is 2.10. The number of hydrogen-bond donors (Lipinski definition) is 1. The molecule has 6 nitrogen and oxygen atoms in total. The van der Waals surface area contributed by atoms with Crippen LogP contribution in [0.2, 0.25) is 0 Å². The topological polar surface area (TPSA) is 77.5 Å². The Kier molecular flexibility index (Phi) is 5.55. The minimum atomic E-state index is -0.239. The number of rotatable bonds is 7. The van der Waals surface area contributed by atoms with Crippen molar-refractivity contribution in [1.82, 2.24) is 4.98 Å². The molecule has 0 aliphatic heterocycles. The number of thiazole rings is 1. The second kappa shape index (κ2) is 7.40. The van der Waals surface area contributed by atoms with Crippen LogP contribution in [0.5, 0.6) is 0 Å². The summed E-state index contributed by atoms with van der Waals surface area (Å²) < 4.78 is 9.93. The van der Waals surface area contributed by atoms with Crippen molar-refractivity contribution in [2.75, 3.05) is 25.1 Å². The number of carbonyl (C=O) groups is 2. The van der Waals surface area contributed by atoms with E-state index in [2.05, 4.69) is 10.3 Å². The van der Waals surface area contributed by atoms with Crippen molar-refractivity contribution in [2.45, 2.75) is 39.0 Å². The van der Waals surface area contributed by atoms with Crippen LogP contribution < -0.4 is 5.32 Å². The Morgan fingerprint density at radius 2 is 2.10 bits per heavy atom. The van der Waals surface area contributed by atoms with Crippen LogP contribution in [-0.2, 0) is 25.5 Å². The maximum absolute atomic E-state index is 11.9. The van der Waals surface area contributed by atoms with Crippen LogP contribution in [0.15, 0.2) is 0 Å². The number of nitrogens with one attached hydrogen (secondary N) is 1. The Hall–Kier alpha value is -1.63. The summed E-state index contributed by atoms with van der Waals surface area (Å²) in [4.78, 5) is 28.7. The van der Waals surface area contributed by atoms with Gasteiger partial charge in [0.1, 0.15) is 5.92 Å². The van der Waals surface area contributed by atoms with Gasteiger partial charge < -0.3 is 14.8 Å². The first-order chi connectivity index (χ1) is 10.2. The molecule has 0 amide bonds. The van der Waals surface area contributed by atoms with Gasteiger partial charge >= 0.3 is 11.9 Å².